The van der Waals surface area contributed by atoms with E-state index in [1.54, 1.807) is 31.2 Å². The number of rotatable bonds is 4. The van der Waals surface area contributed by atoms with E-state index in [4.69, 9.17) is 4.42 Å². The van der Waals surface area contributed by atoms with Crippen molar-refractivity contribution in [3.05, 3.63) is 72.6 Å². The van der Waals surface area contributed by atoms with Crippen LogP contribution in [0.4, 0.5) is 8.78 Å². The van der Waals surface area contributed by atoms with Crippen molar-refractivity contribution in [3.8, 4) is 45.2 Å². The van der Waals surface area contributed by atoms with Gasteiger partial charge in [-0.1, -0.05) is 30.3 Å². The summed E-state index contributed by atoms with van der Waals surface area (Å²) in [6.45, 7) is 1.69. The van der Waals surface area contributed by atoms with Crippen LogP contribution in [0.5, 0.6) is 11.5 Å². The van der Waals surface area contributed by atoms with Gasteiger partial charge in [-0.05, 0) is 47.5 Å². The molecular formula is C24H17F2NO5S. The molecule has 3 aromatic carbocycles. The van der Waals surface area contributed by atoms with Gasteiger partial charge in [0, 0.05) is 24.3 Å². The first-order chi connectivity index (χ1) is 15.6. The summed E-state index contributed by atoms with van der Waals surface area (Å²) in [5.41, 5.74) is 3.17. The number of fused-ring (bicyclic) bond motifs is 1. The van der Waals surface area contributed by atoms with Gasteiger partial charge in [0.25, 0.3) is 0 Å². The maximum Gasteiger partial charge on any atom is 0.586 e. The molecule has 0 amide bonds. The van der Waals surface area contributed by atoms with E-state index in [0.717, 1.165) is 17.4 Å². The molecule has 33 heavy (non-hydrogen) atoms. The predicted molar refractivity (Wildman–Crippen MR) is 117 cm³/mol. The highest BCUT2D eigenvalue weighted by Gasteiger charge is 2.43. The number of hydrogen-bond donors (Lipinski definition) is 0. The normalized spacial score (nSPS) is 14.4. The molecule has 0 unspecified atom stereocenters. The maximum atomic E-state index is 13.4. The molecular weight excluding hydrogens is 452 g/mol. The molecule has 5 rings (SSSR count). The number of sulfone groups is 1. The molecule has 0 bridgehead atoms. The van der Waals surface area contributed by atoms with Crippen LogP contribution in [0.15, 0.2) is 76.0 Å². The van der Waals surface area contributed by atoms with Crippen LogP contribution in [0.25, 0.3) is 33.7 Å². The van der Waals surface area contributed by atoms with Gasteiger partial charge in [0.15, 0.2) is 33.0 Å². The van der Waals surface area contributed by atoms with E-state index in [2.05, 4.69) is 14.5 Å². The third-order valence-electron chi connectivity index (χ3n) is 5.13. The van der Waals surface area contributed by atoms with Gasteiger partial charge in [0.05, 0.1) is 4.90 Å². The lowest BCUT2D eigenvalue weighted by Crippen LogP contribution is -2.25. The Bertz CT molecular complexity index is 1490. The Kier molecular flexibility index (Phi) is 4.75. The lowest BCUT2D eigenvalue weighted by Gasteiger charge is -2.07. The minimum Gasteiger partial charge on any atom is -0.440 e. The summed E-state index contributed by atoms with van der Waals surface area (Å²) >= 11 is 0. The molecule has 0 N–H and O–H groups in total. The lowest BCUT2D eigenvalue weighted by molar-refractivity contribution is -0.286. The Hall–Kier alpha value is -3.72. The topological polar surface area (TPSA) is 78.6 Å². The summed E-state index contributed by atoms with van der Waals surface area (Å²) in [4.78, 5) is 4.66. The zero-order chi connectivity index (χ0) is 23.4. The number of oxazole rings is 1. The monoisotopic (exact) mass is 469 g/mol. The summed E-state index contributed by atoms with van der Waals surface area (Å²) in [7, 11) is -3.35. The molecule has 0 radical (unpaired) electrons. The Morgan fingerprint density at radius 2 is 1.48 bits per heavy atom. The second-order valence-electron chi connectivity index (χ2n) is 7.62. The van der Waals surface area contributed by atoms with E-state index in [0.29, 0.717) is 28.5 Å². The molecule has 4 aromatic rings. The molecule has 1 aromatic heterocycles. The highest BCUT2D eigenvalue weighted by molar-refractivity contribution is 7.90. The van der Waals surface area contributed by atoms with Crippen molar-refractivity contribution < 1.29 is 31.1 Å². The molecule has 168 valence electrons. The molecule has 1 aliphatic rings. The molecule has 6 nitrogen and oxygen atoms in total. The quantitative estimate of drug-likeness (QED) is 0.381. The van der Waals surface area contributed by atoms with Crippen molar-refractivity contribution >= 4 is 9.84 Å². The number of halogens is 2. The van der Waals surface area contributed by atoms with Crippen molar-refractivity contribution in [2.75, 3.05) is 6.26 Å². The van der Waals surface area contributed by atoms with E-state index in [1.165, 1.54) is 12.1 Å². The maximum absolute atomic E-state index is 13.4. The molecule has 0 spiro atoms. The largest absolute Gasteiger partial charge is 0.586 e. The summed E-state index contributed by atoms with van der Waals surface area (Å²) in [6.07, 6.45) is -2.55. The standard InChI is InChI=1S/C24H17F2NO5S/c1-14-27-22(17-9-10-20-21(13-17)32-24(25,26)31-20)23(30-14)18-7-3-5-15(11-18)16-6-4-8-19(12-16)33(2,28)29/h3-13H,1-2H3. The van der Waals surface area contributed by atoms with Gasteiger partial charge in [0.2, 0.25) is 0 Å². The minimum absolute atomic E-state index is 0.0572. The number of hydrogen-bond acceptors (Lipinski definition) is 6. The van der Waals surface area contributed by atoms with Gasteiger partial charge in [-0.25, -0.2) is 13.4 Å². The smallest absolute Gasteiger partial charge is 0.440 e. The summed E-state index contributed by atoms with van der Waals surface area (Å²) in [5.74, 6) is 0.695. The highest BCUT2D eigenvalue weighted by Crippen LogP contribution is 2.44. The Balaban J connectivity index is 1.57. The average Bonchev–Trinajstić information content (AvgIpc) is 3.30. The fourth-order valence-electron chi connectivity index (χ4n) is 3.66. The number of alkyl halides is 2. The van der Waals surface area contributed by atoms with E-state index in [9.17, 15) is 17.2 Å². The van der Waals surface area contributed by atoms with Crippen molar-refractivity contribution in [3.63, 3.8) is 0 Å². The van der Waals surface area contributed by atoms with Gasteiger partial charge in [-0.3, -0.25) is 0 Å². The van der Waals surface area contributed by atoms with Crippen molar-refractivity contribution in [2.45, 2.75) is 18.1 Å². The summed E-state index contributed by atoms with van der Waals surface area (Å²) < 4.78 is 65.6. The molecule has 1 aliphatic heterocycles. The Morgan fingerprint density at radius 3 is 2.24 bits per heavy atom. The van der Waals surface area contributed by atoms with Crippen LogP contribution in [0, 0.1) is 6.92 Å². The zero-order valence-electron chi connectivity index (χ0n) is 17.5. The number of aromatic nitrogens is 1. The van der Waals surface area contributed by atoms with Gasteiger partial charge in [0.1, 0.15) is 5.69 Å². The molecule has 0 atom stereocenters. The Labute approximate surface area is 188 Å². The Morgan fingerprint density at radius 1 is 0.818 bits per heavy atom. The molecule has 0 saturated heterocycles. The minimum atomic E-state index is -3.71. The summed E-state index contributed by atoms with van der Waals surface area (Å²) in [5, 5.41) is 0. The lowest BCUT2D eigenvalue weighted by atomic mass is 10.00. The number of aryl methyl sites for hydroxylation is 1. The molecule has 0 fully saturated rings. The van der Waals surface area contributed by atoms with E-state index >= 15 is 0 Å². The number of benzene rings is 3. The van der Waals surface area contributed by atoms with Gasteiger partial charge in [-0.15, -0.1) is 8.78 Å². The fourth-order valence-corrected chi connectivity index (χ4v) is 4.33. The summed E-state index contributed by atoms with van der Waals surface area (Å²) in [6, 6.07) is 18.4. The van der Waals surface area contributed by atoms with Crippen LogP contribution < -0.4 is 9.47 Å². The van der Waals surface area contributed by atoms with Crippen molar-refractivity contribution in [1.29, 1.82) is 0 Å². The molecule has 0 saturated carbocycles. The van der Waals surface area contributed by atoms with Crippen molar-refractivity contribution in [2.24, 2.45) is 0 Å². The SMILES string of the molecule is Cc1nc(-c2ccc3c(c2)OC(F)(F)O3)c(-c2cccc(-c3cccc(S(C)(=O)=O)c3)c2)o1. The molecule has 2 heterocycles. The first kappa shape index (κ1) is 21.1. The third kappa shape index (κ3) is 4.07. The van der Waals surface area contributed by atoms with Crippen LogP contribution >= 0.6 is 0 Å². The first-order valence-electron chi connectivity index (χ1n) is 9.88. The molecule has 9 heteroatoms. The van der Waals surface area contributed by atoms with Crippen LogP contribution in [-0.4, -0.2) is 26.0 Å². The van der Waals surface area contributed by atoms with Crippen LogP contribution in [0.1, 0.15) is 5.89 Å². The zero-order valence-corrected chi connectivity index (χ0v) is 18.3. The highest BCUT2D eigenvalue weighted by atomic mass is 32.2. The predicted octanol–water partition coefficient (Wildman–Crippen LogP) is 5.71. The average molecular weight is 469 g/mol. The van der Waals surface area contributed by atoms with Gasteiger partial charge >= 0.3 is 6.29 Å². The van der Waals surface area contributed by atoms with E-state index in [1.807, 2.05) is 30.3 Å². The van der Waals surface area contributed by atoms with Crippen LogP contribution in [-0.2, 0) is 9.84 Å². The fraction of sp³-hybridized carbons (Fsp3) is 0.125. The van der Waals surface area contributed by atoms with Gasteiger partial charge in [-0.2, -0.15) is 0 Å². The molecule has 0 aliphatic carbocycles. The van der Waals surface area contributed by atoms with Crippen LogP contribution in [0.2, 0.25) is 0 Å². The number of ether oxygens (including phenoxy) is 2. The number of nitrogens with zero attached hydrogens (tertiary/aromatic N) is 1. The third-order valence-corrected chi connectivity index (χ3v) is 6.24. The first-order valence-corrected chi connectivity index (χ1v) is 11.8. The van der Waals surface area contributed by atoms with Crippen LogP contribution in [0.3, 0.4) is 0 Å². The van der Waals surface area contributed by atoms with Gasteiger partial charge < -0.3 is 13.9 Å². The second kappa shape index (κ2) is 7.41. The van der Waals surface area contributed by atoms with E-state index in [-0.39, 0.29) is 16.4 Å². The van der Waals surface area contributed by atoms with E-state index < -0.39 is 16.1 Å². The second-order valence-corrected chi connectivity index (χ2v) is 9.64. The van der Waals surface area contributed by atoms with Crippen molar-refractivity contribution in [1.82, 2.24) is 4.98 Å².